The molecule has 0 aliphatic rings. The molecule has 6 nitrogen and oxygen atoms in total. The predicted molar refractivity (Wildman–Crippen MR) is 44.3 cm³/mol. The van der Waals surface area contributed by atoms with Crippen molar-refractivity contribution in [1.82, 2.24) is 0 Å². The summed E-state index contributed by atoms with van der Waals surface area (Å²) >= 11 is 3.89. The van der Waals surface area contributed by atoms with Crippen molar-refractivity contribution in [2.45, 2.75) is 0 Å². The first-order valence-electron chi connectivity index (χ1n) is 1.83. The molecule has 0 aromatic heterocycles. The largest absolute Gasteiger partial charge is 0.559 e. The zero-order valence-corrected chi connectivity index (χ0v) is 7.97. The Hall–Kier alpha value is 0.290. The van der Waals surface area contributed by atoms with E-state index in [1.807, 2.05) is 0 Å². The van der Waals surface area contributed by atoms with Crippen LogP contribution in [0.1, 0.15) is 0 Å². The first kappa shape index (κ1) is 11.3. The Bertz CT molecular complexity index is 357. The average Bonchev–Trinajstić information content (AvgIpc) is 1.56. The van der Waals surface area contributed by atoms with Crippen molar-refractivity contribution in [3.8, 4) is 0 Å². The van der Waals surface area contributed by atoms with Crippen LogP contribution in [-0.2, 0) is 39.3 Å². The van der Waals surface area contributed by atoms with Crippen LogP contribution in [-0.4, -0.2) is 26.5 Å². The molecular weight excluding hydrogens is 236 g/mol. The van der Waals surface area contributed by atoms with Crippen LogP contribution in [0.15, 0.2) is 0 Å². The lowest BCUT2D eigenvalue weighted by Crippen LogP contribution is -2.12. The van der Waals surface area contributed by atoms with Crippen LogP contribution in [0.2, 0.25) is 0 Å². The molecule has 0 radical (unpaired) electrons. The Morgan fingerprint density at radius 2 is 1.64 bits per heavy atom. The fraction of sp³-hybridized carbons (Fsp3) is 0. The standard InChI is InChI=1S/CH2O6S4/c2-1(10(3,4)5)9-11(6,7)8/h(H2-,2,3,4,5,6,7,8)/p+1. The van der Waals surface area contributed by atoms with Crippen molar-refractivity contribution in [3.05, 3.63) is 0 Å². The second kappa shape index (κ2) is 3.35. The van der Waals surface area contributed by atoms with E-state index >= 15 is 0 Å². The van der Waals surface area contributed by atoms with Gasteiger partial charge in [-0.2, -0.15) is 8.42 Å². The summed E-state index contributed by atoms with van der Waals surface area (Å²) in [4.78, 5) is 10.2. The van der Waals surface area contributed by atoms with Crippen molar-refractivity contribution in [2.24, 2.45) is 0 Å². The molecule has 0 aliphatic heterocycles. The molecular formula is CH3O6S4+. The summed E-state index contributed by atoms with van der Waals surface area (Å²) in [5, 5.41) is 0. The number of carbonyl (C=O) groups is 1. The van der Waals surface area contributed by atoms with Crippen LogP contribution in [0.5, 0.6) is 0 Å². The smallest absolute Gasteiger partial charge is 0.275 e. The molecule has 0 saturated heterocycles. The summed E-state index contributed by atoms with van der Waals surface area (Å²) in [7, 11) is -8.98. The van der Waals surface area contributed by atoms with E-state index in [2.05, 4.69) is 11.2 Å². The molecule has 11 heavy (non-hydrogen) atoms. The van der Waals surface area contributed by atoms with Crippen molar-refractivity contribution in [2.75, 3.05) is 0 Å². The van der Waals surface area contributed by atoms with Gasteiger partial charge in [0.2, 0.25) is 0 Å². The molecule has 0 rings (SSSR count). The summed E-state index contributed by atoms with van der Waals surface area (Å²) in [6.07, 6.45) is 0. The van der Waals surface area contributed by atoms with E-state index in [9.17, 15) is 13.2 Å². The minimum atomic E-state index is -4.88. The predicted octanol–water partition coefficient (Wildman–Crippen LogP) is -0.446. The molecule has 0 aromatic carbocycles. The Labute approximate surface area is 70.8 Å². The molecule has 0 fully saturated rings. The minimum Gasteiger partial charge on any atom is -0.275 e. The summed E-state index contributed by atoms with van der Waals surface area (Å²) < 4.78 is 42.8. The molecule has 0 saturated carbocycles. The normalized spacial score (nSPS) is 12.6. The van der Waals surface area contributed by atoms with Crippen LogP contribution in [0, 0.1) is 0 Å². The van der Waals surface area contributed by atoms with Gasteiger partial charge in [0.15, 0.2) is 0 Å². The Morgan fingerprint density at radius 3 is 1.73 bits per heavy atom. The van der Waals surface area contributed by atoms with Gasteiger partial charge in [-0.1, -0.05) is 0 Å². The quantitative estimate of drug-likeness (QED) is 0.388. The summed E-state index contributed by atoms with van der Waals surface area (Å²) in [5.41, 5.74) is 0. The van der Waals surface area contributed by atoms with Crippen LogP contribution in [0.4, 0.5) is 4.79 Å². The highest BCUT2D eigenvalue weighted by molar-refractivity contribution is 8.61. The van der Waals surface area contributed by atoms with Gasteiger partial charge in [0.05, 0.1) is 11.2 Å². The van der Waals surface area contributed by atoms with Crippen molar-refractivity contribution in [1.29, 1.82) is 0 Å². The van der Waals surface area contributed by atoms with E-state index in [1.54, 1.807) is 0 Å². The first-order chi connectivity index (χ1) is 4.63. The third kappa shape index (κ3) is 5.55. The zero-order valence-electron chi connectivity index (χ0n) is 4.70. The lowest BCUT2D eigenvalue weighted by molar-refractivity contribution is 0.272. The molecule has 0 amide bonds. The molecule has 0 unspecified atom stereocenters. The summed E-state index contributed by atoms with van der Waals surface area (Å²) in [5.74, 6) is 0. The lowest BCUT2D eigenvalue weighted by atomic mass is 11.8. The van der Waals surface area contributed by atoms with Crippen molar-refractivity contribution >= 4 is 43.8 Å². The van der Waals surface area contributed by atoms with E-state index in [4.69, 9.17) is 13.7 Å². The summed E-state index contributed by atoms with van der Waals surface area (Å²) in [6, 6.07) is 0. The molecule has 0 aliphatic carbocycles. The molecule has 0 atom stereocenters. The van der Waals surface area contributed by atoms with Gasteiger partial charge in [-0.3, -0.25) is 13.7 Å². The van der Waals surface area contributed by atoms with E-state index in [0.717, 1.165) is 0 Å². The van der Waals surface area contributed by atoms with Gasteiger partial charge >= 0.3 is 32.6 Å². The van der Waals surface area contributed by atoms with Gasteiger partial charge in [-0.25, -0.2) is 4.79 Å². The van der Waals surface area contributed by atoms with E-state index in [1.165, 1.54) is 0 Å². The monoisotopic (exact) mass is 239 g/mol. The van der Waals surface area contributed by atoms with Crippen LogP contribution >= 0.6 is 0 Å². The maximum atomic E-state index is 10.2. The average molecular weight is 239 g/mol. The van der Waals surface area contributed by atoms with Gasteiger partial charge in [0, 0.05) is 0 Å². The molecule has 0 spiro atoms. The van der Waals surface area contributed by atoms with E-state index in [-0.39, 0.29) is 0 Å². The highest BCUT2D eigenvalue weighted by Crippen LogP contribution is 1.91. The fourth-order valence-corrected chi connectivity index (χ4v) is 3.76. The summed E-state index contributed by atoms with van der Waals surface area (Å²) in [6.45, 7) is 0. The second-order valence-electron chi connectivity index (χ2n) is 1.26. The highest BCUT2D eigenvalue weighted by atomic mass is 33.1. The maximum absolute atomic E-state index is 10.2. The molecule has 0 heterocycles. The van der Waals surface area contributed by atoms with Gasteiger partial charge in [-0.05, 0) is 0 Å². The Balaban J connectivity index is 5.05. The van der Waals surface area contributed by atoms with Gasteiger partial charge in [-0.15, -0.1) is 0 Å². The zero-order chi connectivity index (χ0) is 9.28. The maximum Gasteiger partial charge on any atom is 0.559 e. The Kier molecular flexibility index (Phi) is 3.43. The topological polar surface area (TPSA) is 112 Å². The molecule has 66 valence electrons. The lowest BCUT2D eigenvalue weighted by Gasteiger charge is -1.78. The molecule has 0 bridgehead atoms. The molecule has 10 heteroatoms. The SMILES string of the molecule is O=C([S+]=S(O)(O)=S)S(=O)(=O)O. The van der Waals surface area contributed by atoms with Gasteiger partial charge in [0.1, 0.15) is 0 Å². The van der Waals surface area contributed by atoms with Crippen molar-refractivity contribution in [3.63, 3.8) is 0 Å². The Morgan fingerprint density at radius 1 is 1.27 bits per heavy atom. The number of hydrogen-bond donors (Lipinski definition) is 3. The molecule has 0 aromatic rings. The molecule has 3 N–H and O–H groups in total. The van der Waals surface area contributed by atoms with Crippen LogP contribution in [0.3, 0.4) is 0 Å². The number of carbonyl (C=O) groups excluding carboxylic acids is 1. The van der Waals surface area contributed by atoms with Gasteiger partial charge < -0.3 is 0 Å². The number of rotatable bonds is 0. The van der Waals surface area contributed by atoms with Crippen LogP contribution < -0.4 is 0 Å². The van der Waals surface area contributed by atoms with Gasteiger partial charge in [0.25, 0.3) is 0 Å². The van der Waals surface area contributed by atoms with E-state index < -0.39 is 32.6 Å². The van der Waals surface area contributed by atoms with Crippen LogP contribution in [0.25, 0.3) is 0 Å². The second-order valence-corrected chi connectivity index (χ2v) is 8.19. The first-order valence-corrected chi connectivity index (χ1v) is 7.07. The fourth-order valence-electron chi connectivity index (χ4n) is 0.132. The third-order valence-corrected chi connectivity index (χ3v) is 4.08. The van der Waals surface area contributed by atoms with E-state index in [0.29, 0.717) is 0 Å². The minimum absolute atomic E-state index is 0.404. The highest BCUT2D eigenvalue weighted by Gasteiger charge is 2.32. The third-order valence-electron chi connectivity index (χ3n) is 0.387. The van der Waals surface area contributed by atoms with Crippen molar-refractivity contribution < 1.29 is 26.9 Å². The number of hydrogen-bond acceptors (Lipinski definition) is 4.